The number of aryl methyl sites for hydroxylation is 2. The van der Waals surface area contributed by atoms with E-state index in [4.69, 9.17) is 4.74 Å². The van der Waals surface area contributed by atoms with Crippen molar-refractivity contribution in [2.24, 2.45) is 0 Å². The van der Waals surface area contributed by atoms with Crippen LogP contribution in [0.1, 0.15) is 49.4 Å². The fraction of sp³-hybridized carbons (Fsp3) is 0.364. The Balaban J connectivity index is 1.62. The molecule has 4 rings (SSSR count). The largest absolute Gasteiger partial charge is 0.453 e. The third-order valence-corrected chi connectivity index (χ3v) is 5.17. The highest BCUT2D eigenvalue weighted by molar-refractivity contribution is 5.86. The molecule has 0 saturated carbocycles. The van der Waals surface area contributed by atoms with Crippen LogP contribution in [0.25, 0.3) is 16.9 Å². The van der Waals surface area contributed by atoms with E-state index >= 15 is 0 Å². The molecule has 3 heterocycles. The minimum absolute atomic E-state index is 0.0507. The van der Waals surface area contributed by atoms with Gasteiger partial charge < -0.3 is 9.30 Å². The molecule has 0 fully saturated rings. The number of ether oxygens (including phenoxy) is 1. The van der Waals surface area contributed by atoms with Gasteiger partial charge in [0.25, 0.3) is 5.56 Å². The number of carbonyl (C=O) groups is 1. The van der Waals surface area contributed by atoms with Crippen molar-refractivity contribution in [3.63, 3.8) is 0 Å². The quantitative estimate of drug-likeness (QED) is 0.385. The Morgan fingerprint density at radius 1 is 1.06 bits per heavy atom. The molecule has 0 aliphatic rings. The highest BCUT2D eigenvalue weighted by atomic mass is 16.5. The van der Waals surface area contributed by atoms with Crippen LogP contribution in [0.2, 0.25) is 0 Å². The Hall–Kier alpha value is -4.02. The van der Waals surface area contributed by atoms with Crippen molar-refractivity contribution in [1.29, 1.82) is 0 Å². The summed E-state index contributed by atoms with van der Waals surface area (Å²) in [5, 5.41) is 8.28. The molecule has 0 unspecified atom stereocenters. The maximum absolute atomic E-state index is 12.6. The lowest BCUT2D eigenvalue weighted by Gasteiger charge is -2.08. The van der Waals surface area contributed by atoms with Crippen LogP contribution in [0.5, 0.6) is 0 Å². The average molecular weight is 451 g/mol. The zero-order valence-corrected chi connectivity index (χ0v) is 18.5. The first kappa shape index (κ1) is 22.2. The van der Waals surface area contributed by atoms with E-state index < -0.39 is 17.2 Å². The van der Waals surface area contributed by atoms with Gasteiger partial charge in [0.15, 0.2) is 16.9 Å². The maximum Gasteiger partial charge on any atom is 0.361 e. The van der Waals surface area contributed by atoms with Gasteiger partial charge >= 0.3 is 11.7 Å². The van der Waals surface area contributed by atoms with Gasteiger partial charge in [0, 0.05) is 13.1 Å². The molecule has 3 aromatic heterocycles. The number of nitrogens with zero attached hydrogens (tertiary/aromatic N) is 6. The minimum Gasteiger partial charge on any atom is -0.453 e. The average Bonchev–Trinajstić information content (AvgIpc) is 3.44. The van der Waals surface area contributed by atoms with Gasteiger partial charge in [-0.25, -0.2) is 14.6 Å². The number of para-hydroxylation sites is 1. The van der Waals surface area contributed by atoms with E-state index in [9.17, 15) is 14.4 Å². The Kier molecular flexibility index (Phi) is 6.48. The summed E-state index contributed by atoms with van der Waals surface area (Å²) in [7, 11) is 0. The first-order chi connectivity index (χ1) is 16.0. The number of unbranched alkanes of at least 4 members (excludes halogenated alkanes) is 1. The summed E-state index contributed by atoms with van der Waals surface area (Å²) in [5.41, 5.74) is 0.357. The number of rotatable bonds is 9. The number of benzene rings is 1. The lowest BCUT2D eigenvalue weighted by atomic mass is 10.3. The maximum atomic E-state index is 12.6. The third kappa shape index (κ3) is 4.47. The van der Waals surface area contributed by atoms with Crippen LogP contribution in [0.3, 0.4) is 0 Å². The summed E-state index contributed by atoms with van der Waals surface area (Å²) in [6.07, 6.45) is 3.71. The Labute approximate surface area is 188 Å². The second-order valence-corrected chi connectivity index (χ2v) is 7.55. The number of carbonyl (C=O) groups excluding carboxylic acids is 1. The van der Waals surface area contributed by atoms with Crippen molar-refractivity contribution >= 4 is 17.1 Å². The van der Waals surface area contributed by atoms with Crippen LogP contribution in [0, 0.1) is 0 Å². The predicted octanol–water partition coefficient (Wildman–Crippen LogP) is 2.03. The van der Waals surface area contributed by atoms with Gasteiger partial charge in [-0.15, -0.1) is 5.10 Å². The molecular weight excluding hydrogens is 426 g/mol. The molecule has 0 atom stereocenters. The first-order valence-electron chi connectivity index (χ1n) is 10.9. The molecule has 0 amide bonds. The zero-order valence-electron chi connectivity index (χ0n) is 18.5. The van der Waals surface area contributed by atoms with Crippen molar-refractivity contribution in [2.45, 2.75) is 52.8 Å². The third-order valence-electron chi connectivity index (χ3n) is 5.17. The first-order valence-corrected chi connectivity index (χ1v) is 10.9. The van der Waals surface area contributed by atoms with E-state index in [0.717, 1.165) is 19.3 Å². The molecule has 0 spiro atoms. The summed E-state index contributed by atoms with van der Waals surface area (Å²) >= 11 is 0. The van der Waals surface area contributed by atoms with E-state index in [0.29, 0.717) is 35.8 Å². The van der Waals surface area contributed by atoms with E-state index in [-0.39, 0.29) is 12.3 Å². The summed E-state index contributed by atoms with van der Waals surface area (Å²) in [6, 6.07) is 9.19. The standard InChI is InChI=1S/C22H25N7O4/c1-3-5-12-28-19-18(20(30)25-22(28)32)27(11-4-2)17(24-19)14-33-21(31)16-13-23-29(26-16)15-9-7-6-8-10-15/h6-10,13H,3-5,11-12,14H2,1-2H3,(H,25,30,32). The molecule has 0 bridgehead atoms. The van der Waals surface area contributed by atoms with E-state index in [1.807, 2.05) is 44.2 Å². The molecule has 11 heteroatoms. The number of H-pyrrole nitrogens is 1. The highest BCUT2D eigenvalue weighted by Crippen LogP contribution is 2.15. The fourth-order valence-corrected chi connectivity index (χ4v) is 3.56. The van der Waals surface area contributed by atoms with Crippen LogP contribution in [0.15, 0.2) is 46.1 Å². The fourth-order valence-electron chi connectivity index (χ4n) is 3.56. The number of hydrogen-bond donors (Lipinski definition) is 1. The van der Waals surface area contributed by atoms with Crippen molar-refractivity contribution in [3.05, 3.63) is 68.9 Å². The summed E-state index contributed by atoms with van der Waals surface area (Å²) in [6.45, 7) is 4.73. The van der Waals surface area contributed by atoms with E-state index in [2.05, 4.69) is 20.2 Å². The topological polar surface area (TPSA) is 130 Å². The van der Waals surface area contributed by atoms with Gasteiger partial charge in [-0.1, -0.05) is 38.5 Å². The van der Waals surface area contributed by atoms with Crippen LogP contribution < -0.4 is 11.2 Å². The molecule has 0 radical (unpaired) electrons. The van der Waals surface area contributed by atoms with Crippen LogP contribution >= 0.6 is 0 Å². The van der Waals surface area contributed by atoms with Crippen molar-refractivity contribution in [3.8, 4) is 5.69 Å². The summed E-state index contributed by atoms with van der Waals surface area (Å²) in [5.74, 6) is -0.276. The van der Waals surface area contributed by atoms with Crippen LogP contribution in [0.4, 0.5) is 0 Å². The van der Waals surface area contributed by atoms with Crippen molar-refractivity contribution in [2.75, 3.05) is 0 Å². The van der Waals surface area contributed by atoms with Gasteiger partial charge in [0.1, 0.15) is 12.4 Å². The Morgan fingerprint density at radius 2 is 1.85 bits per heavy atom. The number of fused-ring (bicyclic) bond motifs is 1. The molecular formula is C22H25N7O4. The molecule has 11 nitrogen and oxygen atoms in total. The van der Waals surface area contributed by atoms with Gasteiger partial charge in [0.2, 0.25) is 0 Å². The lowest BCUT2D eigenvalue weighted by Crippen LogP contribution is -2.31. The number of aromatic nitrogens is 7. The number of nitrogens with one attached hydrogen (secondary N) is 1. The second kappa shape index (κ2) is 9.63. The van der Waals surface area contributed by atoms with Gasteiger partial charge in [-0.2, -0.15) is 9.90 Å². The van der Waals surface area contributed by atoms with Crippen LogP contribution in [-0.2, 0) is 24.4 Å². The summed E-state index contributed by atoms with van der Waals surface area (Å²) in [4.78, 5) is 45.7. The number of aromatic amines is 1. The SMILES string of the molecule is CCCCn1c(=O)[nH]c(=O)c2c1nc(COC(=O)c1cnn(-c3ccccc3)n1)n2CCC. The van der Waals surface area contributed by atoms with Crippen molar-refractivity contribution in [1.82, 2.24) is 34.1 Å². The van der Waals surface area contributed by atoms with Gasteiger partial charge in [-0.05, 0) is 25.0 Å². The molecule has 1 aromatic carbocycles. The monoisotopic (exact) mass is 451 g/mol. The molecule has 0 aliphatic carbocycles. The second-order valence-electron chi connectivity index (χ2n) is 7.55. The molecule has 4 aromatic rings. The molecule has 0 saturated heterocycles. The van der Waals surface area contributed by atoms with Gasteiger partial charge in [-0.3, -0.25) is 14.3 Å². The predicted molar refractivity (Wildman–Crippen MR) is 120 cm³/mol. The Morgan fingerprint density at radius 3 is 2.58 bits per heavy atom. The zero-order chi connectivity index (χ0) is 23.4. The smallest absolute Gasteiger partial charge is 0.361 e. The van der Waals surface area contributed by atoms with Crippen LogP contribution in [-0.4, -0.2) is 40.1 Å². The number of imidazole rings is 1. The number of esters is 1. The normalized spacial score (nSPS) is 11.2. The lowest BCUT2D eigenvalue weighted by molar-refractivity contribution is 0.0451. The highest BCUT2D eigenvalue weighted by Gasteiger charge is 2.20. The molecule has 33 heavy (non-hydrogen) atoms. The minimum atomic E-state index is -0.662. The van der Waals surface area contributed by atoms with E-state index in [1.165, 1.54) is 15.6 Å². The van der Waals surface area contributed by atoms with E-state index in [1.54, 1.807) is 4.57 Å². The van der Waals surface area contributed by atoms with Crippen molar-refractivity contribution < 1.29 is 9.53 Å². The Bertz CT molecular complexity index is 1380. The molecule has 1 N–H and O–H groups in total. The molecule has 0 aliphatic heterocycles. The number of hydrogen-bond acceptors (Lipinski definition) is 7. The molecule has 172 valence electrons. The summed E-state index contributed by atoms with van der Waals surface area (Å²) < 4.78 is 8.59. The van der Waals surface area contributed by atoms with Gasteiger partial charge in [0.05, 0.1) is 11.9 Å².